The van der Waals surface area contributed by atoms with Crippen molar-refractivity contribution in [1.29, 1.82) is 0 Å². The Morgan fingerprint density at radius 2 is 1.56 bits per heavy atom. The third-order valence-corrected chi connectivity index (χ3v) is 5.78. The van der Waals surface area contributed by atoms with Crippen molar-refractivity contribution in [2.24, 2.45) is 5.92 Å². The van der Waals surface area contributed by atoms with Gasteiger partial charge in [0.2, 0.25) is 0 Å². The summed E-state index contributed by atoms with van der Waals surface area (Å²) in [6, 6.07) is 17.2. The van der Waals surface area contributed by atoms with Gasteiger partial charge >= 0.3 is 7.25 Å². The second-order valence-electron chi connectivity index (χ2n) is 5.62. The summed E-state index contributed by atoms with van der Waals surface area (Å²) >= 11 is 0. The zero-order valence-corrected chi connectivity index (χ0v) is 14.2. The Kier molecular flexibility index (Phi) is 6.29. The Balaban J connectivity index is 0.000000399. The third-order valence-electron chi connectivity index (χ3n) is 3.82. The van der Waals surface area contributed by atoms with Gasteiger partial charge in [-0.25, -0.2) is 0 Å². The zero-order chi connectivity index (χ0) is 18.6. The Morgan fingerprint density at radius 1 is 1.04 bits per heavy atom. The van der Waals surface area contributed by atoms with E-state index in [-0.39, 0.29) is 22.6 Å². The summed E-state index contributed by atoms with van der Waals surface area (Å²) in [5.74, 6) is 0.467. The van der Waals surface area contributed by atoms with Crippen LogP contribution in [-0.4, -0.2) is 30.2 Å². The molecule has 1 heterocycles. The van der Waals surface area contributed by atoms with E-state index in [2.05, 4.69) is 6.26 Å². The molecule has 1 aliphatic rings. The third kappa shape index (κ3) is 5.34. The van der Waals surface area contributed by atoms with Gasteiger partial charge in [-0.1, -0.05) is 42.5 Å². The average Bonchev–Trinajstić information content (AvgIpc) is 2.57. The molecule has 25 heavy (non-hydrogen) atoms. The molecular formula is C17H17BF4O2S. The standard InChI is InChI=1S/C17H17O2S.BF4/c1-20-11-14(16(18)12-7-3-2-4-8-12)17(19)13-9-5-6-10-15(13)20;2-1(3,4)5/h2-10,14,16,18H,11H2,1H3;/q+1;-1. The molecule has 0 fully saturated rings. The van der Waals surface area contributed by atoms with E-state index in [1.807, 2.05) is 54.6 Å². The van der Waals surface area contributed by atoms with Crippen molar-refractivity contribution in [2.45, 2.75) is 11.0 Å². The van der Waals surface area contributed by atoms with Crippen LogP contribution < -0.4 is 0 Å². The fraction of sp³-hybridized carbons (Fsp3) is 0.235. The van der Waals surface area contributed by atoms with Gasteiger partial charge < -0.3 is 22.4 Å². The first-order valence-corrected chi connectivity index (χ1v) is 9.35. The van der Waals surface area contributed by atoms with Gasteiger partial charge in [0.05, 0.1) is 17.6 Å². The summed E-state index contributed by atoms with van der Waals surface area (Å²) in [5.41, 5.74) is 1.60. The van der Waals surface area contributed by atoms with Crippen molar-refractivity contribution in [2.75, 3.05) is 12.0 Å². The number of aliphatic hydroxyl groups excluding tert-OH is 1. The largest absolute Gasteiger partial charge is 0.673 e. The molecule has 0 bridgehead atoms. The Hall–Kier alpha value is -1.80. The van der Waals surface area contributed by atoms with Crippen LogP contribution in [0.15, 0.2) is 59.5 Å². The average molecular weight is 372 g/mol. The van der Waals surface area contributed by atoms with Crippen LogP contribution >= 0.6 is 0 Å². The Labute approximate surface area is 146 Å². The monoisotopic (exact) mass is 372 g/mol. The summed E-state index contributed by atoms with van der Waals surface area (Å²) in [6.45, 7) is 0. The number of rotatable bonds is 2. The molecule has 2 aromatic rings. The van der Waals surface area contributed by atoms with E-state index in [0.29, 0.717) is 0 Å². The number of carbonyl (C=O) groups is 1. The topological polar surface area (TPSA) is 37.3 Å². The summed E-state index contributed by atoms with van der Waals surface area (Å²) in [6.07, 6.45) is 1.43. The number of fused-ring (bicyclic) bond motifs is 1. The molecule has 0 spiro atoms. The number of hydrogen-bond donors (Lipinski definition) is 1. The van der Waals surface area contributed by atoms with Crippen molar-refractivity contribution in [3.63, 3.8) is 0 Å². The molecule has 0 saturated heterocycles. The van der Waals surface area contributed by atoms with Crippen molar-refractivity contribution >= 4 is 23.9 Å². The van der Waals surface area contributed by atoms with E-state index >= 15 is 0 Å². The van der Waals surface area contributed by atoms with Crippen LogP contribution in [0.25, 0.3) is 0 Å². The van der Waals surface area contributed by atoms with Crippen LogP contribution in [0.2, 0.25) is 0 Å². The Bertz CT molecular complexity index is 718. The van der Waals surface area contributed by atoms with Gasteiger partial charge in [-0.05, 0) is 17.7 Å². The van der Waals surface area contributed by atoms with Gasteiger partial charge in [-0.3, -0.25) is 4.79 Å². The van der Waals surface area contributed by atoms with Crippen LogP contribution in [-0.2, 0) is 10.9 Å². The second-order valence-corrected chi connectivity index (χ2v) is 7.67. The van der Waals surface area contributed by atoms with Crippen LogP contribution in [0, 0.1) is 5.92 Å². The van der Waals surface area contributed by atoms with Gasteiger partial charge in [0, 0.05) is 10.9 Å². The number of aliphatic hydroxyl groups is 1. The molecule has 134 valence electrons. The van der Waals surface area contributed by atoms with E-state index in [1.54, 1.807) is 0 Å². The van der Waals surface area contributed by atoms with Gasteiger partial charge in [0.1, 0.15) is 12.0 Å². The number of Topliss-reactive ketones (excluding diaryl/α,β-unsaturated/α-hetero) is 1. The fourth-order valence-electron chi connectivity index (χ4n) is 2.73. The predicted molar refractivity (Wildman–Crippen MR) is 92.3 cm³/mol. The van der Waals surface area contributed by atoms with Crippen molar-refractivity contribution < 1.29 is 27.2 Å². The van der Waals surface area contributed by atoms with Crippen molar-refractivity contribution in [1.82, 2.24) is 0 Å². The van der Waals surface area contributed by atoms with Crippen LogP contribution in [0.4, 0.5) is 17.3 Å². The molecule has 2 nitrogen and oxygen atoms in total. The minimum Gasteiger partial charge on any atom is -0.418 e. The highest BCUT2D eigenvalue weighted by Crippen LogP contribution is 2.34. The summed E-state index contributed by atoms with van der Waals surface area (Å²) in [5, 5.41) is 10.5. The lowest BCUT2D eigenvalue weighted by molar-refractivity contribution is 0.0713. The highest BCUT2D eigenvalue weighted by Gasteiger charge is 2.42. The fourth-order valence-corrected chi connectivity index (χ4v) is 4.63. The first-order valence-electron chi connectivity index (χ1n) is 7.54. The lowest BCUT2D eigenvalue weighted by Crippen LogP contribution is -2.35. The summed E-state index contributed by atoms with van der Waals surface area (Å²) < 4.78 is 39.0. The number of carbonyl (C=O) groups excluding carboxylic acids is 1. The Morgan fingerprint density at radius 3 is 2.16 bits per heavy atom. The lowest BCUT2D eigenvalue weighted by atomic mass is 9.89. The van der Waals surface area contributed by atoms with Crippen LogP contribution in [0.1, 0.15) is 22.0 Å². The molecule has 0 amide bonds. The van der Waals surface area contributed by atoms with Crippen LogP contribution in [0.3, 0.4) is 0 Å². The quantitative estimate of drug-likeness (QED) is 0.489. The van der Waals surface area contributed by atoms with Gasteiger partial charge in [0.25, 0.3) is 0 Å². The second kappa shape index (κ2) is 8.06. The maximum Gasteiger partial charge on any atom is 0.673 e. The van der Waals surface area contributed by atoms with E-state index < -0.39 is 13.4 Å². The number of hydrogen-bond acceptors (Lipinski definition) is 2. The van der Waals surface area contributed by atoms with E-state index in [0.717, 1.165) is 21.8 Å². The molecule has 3 unspecified atom stereocenters. The molecule has 8 heteroatoms. The first-order chi connectivity index (χ1) is 11.7. The maximum absolute atomic E-state index is 12.6. The minimum absolute atomic E-state index is 0.00891. The normalized spacial score (nSPS) is 21.0. The van der Waals surface area contributed by atoms with Crippen molar-refractivity contribution in [3.05, 3.63) is 65.7 Å². The SMILES string of the molecule is C[S+]1CC(C(O)c2ccccc2)C(=O)c2ccccc21.F[B-](F)(F)F. The first kappa shape index (κ1) is 19.5. The molecule has 0 saturated carbocycles. The molecule has 3 atom stereocenters. The predicted octanol–water partition coefficient (Wildman–Crippen LogP) is 4.14. The maximum atomic E-state index is 12.6. The van der Waals surface area contributed by atoms with E-state index in [9.17, 15) is 27.2 Å². The molecular weight excluding hydrogens is 355 g/mol. The molecule has 0 radical (unpaired) electrons. The number of ketones is 1. The highest BCUT2D eigenvalue weighted by molar-refractivity contribution is 7.96. The molecule has 0 aromatic heterocycles. The molecule has 1 N–H and O–H groups in total. The zero-order valence-electron chi connectivity index (χ0n) is 13.4. The van der Waals surface area contributed by atoms with E-state index in [4.69, 9.17) is 0 Å². The minimum atomic E-state index is -6.00. The number of halogens is 4. The summed E-state index contributed by atoms with van der Waals surface area (Å²) in [7, 11) is -5.99. The number of benzene rings is 2. The molecule has 0 aliphatic carbocycles. The molecule has 2 aromatic carbocycles. The van der Waals surface area contributed by atoms with Gasteiger partial charge in [-0.15, -0.1) is 0 Å². The van der Waals surface area contributed by atoms with Crippen LogP contribution in [0.5, 0.6) is 0 Å². The molecule has 1 aliphatic heterocycles. The summed E-state index contributed by atoms with van der Waals surface area (Å²) in [4.78, 5) is 13.8. The van der Waals surface area contributed by atoms with Crippen molar-refractivity contribution in [3.8, 4) is 0 Å². The lowest BCUT2D eigenvalue weighted by Gasteiger charge is -2.25. The molecule has 3 rings (SSSR count). The van der Waals surface area contributed by atoms with Gasteiger partial charge in [0.15, 0.2) is 10.7 Å². The smallest absolute Gasteiger partial charge is 0.418 e. The van der Waals surface area contributed by atoms with E-state index in [1.165, 1.54) is 0 Å². The van der Waals surface area contributed by atoms with Gasteiger partial charge in [-0.2, -0.15) is 0 Å². The highest BCUT2D eigenvalue weighted by atomic mass is 32.2.